The average molecular weight is 806 g/mol. The Morgan fingerprint density at radius 3 is 0.972 bits per heavy atom. The SMILES string of the molecule is CCCCOP(=O)(Cc1c(Br)c(Br)c(Br)c(Br)c1CP(=O)(OCCCC)OCCCC)OCCCC. The maximum atomic E-state index is 13.9. The zero-order chi connectivity index (χ0) is 27.2. The van der Waals surface area contributed by atoms with Gasteiger partial charge in [-0.2, -0.15) is 0 Å². The summed E-state index contributed by atoms with van der Waals surface area (Å²) in [5.74, 6) is 0. The predicted octanol–water partition coefficient (Wildman–Crippen LogP) is 11.4. The van der Waals surface area contributed by atoms with Crippen LogP contribution in [-0.2, 0) is 39.5 Å². The summed E-state index contributed by atoms with van der Waals surface area (Å²) in [7, 11) is -6.97. The van der Waals surface area contributed by atoms with Crippen LogP contribution in [0, 0.1) is 0 Å². The highest BCUT2D eigenvalue weighted by Gasteiger charge is 2.34. The van der Waals surface area contributed by atoms with Gasteiger partial charge in [-0.3, -0.25) is 9.13 Å². The lowest BCUT2D eigenvalue weighted by Gasteiger charge is -2.25. The Balaban J connectivity index is 3.49. The van der Waals surface area contributed by atoms with Gasteiger partial charge in [-0.05, 0) is 101 Å². The molecule has 0 bridgehead atoms. The van der Waals surface area contributed by atoms with Gasteiger partial charge >= 0.3 is 15.2 Å². The fraction of sp³-hybridized carbons (Fsp3) is 0.750. The third-order valence-electron chi connectivity index (χ3n) is 5.32. The smallest absolute Gasteiger partial charge is 0.308 e. The molecule has 6 nitrogen and oxygen atoms in total. The second-order valence-corrected chi connectivity index (χ2v) is 15.8. The number of hydrogen-bond acceptors (Lipinski definition) is 6. The van der Waals surface area contributed by atoms with Gasteiger partial charge in [-0.25, -0.2) is 0 Å². The van der Waals surface area contributed by atoms with Crippen molar-refractivity contribution in [3.63, 3.8) is 0 Å². The van der Waals surface area contributed by atoms with E-state index in [2.05, 4.69) is 91.4 Å². The molecule has 0 fully saturated rings. The highest BCUT2D eigenvalue weighted by Crippen LogP contribution is 2.59. The molecule has 0 heterocycles. The molecule has 0 aromatic heterocycles. The Bertz CT molecular complexity index is 801. The minimum absolute atomic E-state index is 0.0325. The van der Waals surface area contributed by atoms with Crippen molar-refractivity contribution in [2.24, 2.45) is 0 Å². The van der Waals surface area contributed by atoms with Gasteiger partial charge in [0.2, 0.25) is 0 Å². The molecule has 1 aromatic rings. The topological polar surface area (TPSA) is 71.1 Å². The largest absolute Gasteiger partial charge is 0.335 e. The fourth-order valence-corrected chi connectivity index (χ4v) is 9.70. The number of halogens is 4. The van der Waals surface area contributed by atoms with E-state index in [-0.39, 0.29) is 12.3 Å². The second kappa shape index (κ2) is 18.7. The number of rotatable bonds is 20. The van der Waals surface area contributed by atoms with Crippen molar-refractivity contribution in [1.82, 2.24) is 0 Å². The zero-order valence-electron chi connectivity index (χ0n) is 21.8. The van der Waals surface area contributed by atoms with Crippen LogP contribution in [0.4, 0.5) is 0 Å². The Kier molecular flexibility index (Phi) is 18.4. The first-order valence-electron chi connectivity index (χ1n) is 12.7. The molecular weight excluding hydrogens is 766 g/mol. The van der Waals surface area contributed by atoms with Crippen LogP contribution < -0.4 is 0 Å². The Labute approximate surface area is 251 Å². The zero-order valence-corrected chi connectivity index (χ0v) is 29.9. The van der Waals surface area contributed by atoms with Crippen LogP contribution in [0.3, 0.4) is 0 Å². The van der Waals surface area contributed by atoms with Crippen LogP contribution in [0.15, 0.2) is 17.9 Å². The van der Waals surface area contributed by atoms with E-state index in [1.54, 1.807) is 0 Å². The Hall–Kier alpha value is 1.44. The van der Waals surface area contributed by atoms with Crippen LogP contribution in [0.2, 0.25) is 0 Å². The van der Waals surface area contributed by atoms with Crippen molar-refractivity contribution < 1.29 is 27.2 Å². The van der Waals surface area contributed by atoms with E-state index in [9.17, 15) is 9.13 Å². The first kappa shape index (κ1) is 35.5. The third-order valence-corrected chi connectivity index (χ3v) is 14.0. The van der Waals surface area contributed by atoms with Gasteiger partial charge in [0.25, 0.3) is 0 Å². The first-order valence-corrected chi connectivity index (χ1v) is 19.3. The Morgan fingerprint density at radius 2 is 0.750 bits per heavy atom. The van der Waals surface area contributed by atoms with Crippen LogP contribution in [-0.4, -0.2) is 26.4 Å². The summed E-state index contributed by atoms with van der Waals surface area (Å²) in [6.07, 6.45) is 6.90. The van der Waals surface area contributed by atoms with Gasteiger partial charge in [0.05, 0.1) is 38.8 Å². The molecule has 0 atom stereocenters. The van der Waals surface area contributed by atoms with Gasteiger partial charge in [0, 0.05) is 17.9 Å². The second-order valence-electron chi connectivity index (χ2n) is 8.50. The molecule has 1 aromatic carbocycles. The van der Waals surface area contributed by atoms with Gasteiger partial charge in [0.15, 0.2) is 0 Å². The molecule has 0 amide bonds. The van der Waals surface area contributed by atoms with Crippen molar-refractivity contribution in [1.29, 1.82) is 0 Å². The molecule has 36 heavy (non-hydrogen) atoms. The van der Waals surface area contributed by atoms with Crippen molar-refractivity contribution in [2.75, 3.05) is 26.4 Å². The molecule has 0 spiro atoms. The van der Waals surface area contributed by atoms with E-state index >= 15 is 0 Å². The highest BCUT2D eigenvalue weighted by molar-refractivity contribution is 9.15. The average Bonchev–Trinajstić information content (AvgIpc) is 2.84. The molecular formula is C24H40Br4O6P2. The molecule has 0 N–H and O–H groups in total. The maximum absolute atomic E-state index is 13.9. The summed E-state index contributed by atoms with van der Waals surface area (Å²) in [6.45, 7) is 9.62. The molecule has 0 radical (unpaired) electrons. The van der Waals surface area contributed by atoms with Crippen LogP contribution >= 0.6 is 78.9 Å². The summed E-state index contributed by atoms with van der Waals surface area (Å²) in [5, 5.41) is 0. The monoisotopic (exact) mass is 802 g/mol. The highest BCUT2D eigenvalue weighted by atomic mass is 79.9. The van der Waals surface area contributed by atoms with Crippen LogP contribution in [0.25, 0.3) is 0 Å². The van der Waals surface area contributed by atoms with Crippen molar-refractivity contribution in [3.8, 4) is 0 Å². The molecule has 0 aliphatic rings. The van der Waals surface area contributed by atoms with E-state index in [4.69, 9.17) is 18.1 Å². The van der Waals surface area contributed by atoms with Gasteiger partial charge in [-0.15, -0.1) is 0 Å². The quantitative estimate of drug-likeness (QED) is 0.0566. The summed E-state index contributed by atoms with van der Waals surface area (Å²) >= 11 is 14.5. The van der Waals surface area contributed by atoms with Gasteiger partial charge < -0.3 is 18.1 Å². The van der Waals surface area contributed by atoms with E-state index < -0.39 is 15.2 Å². The molecule has 0 aliphatic heterocycles. The van der Waals surface area contributed by atoms with Crippen molar-refractivity contribution in [2.45, 2.75) is 91.4 Å². The molecule has 0 unspecified atom stereocenters. The van der Waals surface area contributed by atoms with E-state index in [0.717, 1.165) is 60.3 Å². The first-order chi connectivity index (χ1) is 17.1. The molecule has 210 valence electrons. The van der Waals surface area contributed by atoms with E-state index in [1.807, 2.05) is 0 Å². The summed E-state index contributed by atoms with van der Waals surface area (Å²) < 4.78 is 54.1. The lowest BCUT2D eigenvalue weighted by Crippen LogP contribution is -2.08. The molecule has 0 saturated heterocycles. The predicted molar refractivity (Wildman–Crippen MR) is 163 cm³/mol. The van der Waals surface area contributed by atoms with E-state index in [0.29, 0.717) is 46.5 Å². The lowest BCUT2D eigenvalue weighted by atomic mass is 10.1. The normalized spacial score (nSPS) is 12.4. The van der Waals surface area contributed by atoms with Crippen LogP contribution in [0.5, 0.6) is 0 Å². The third kappa shape index (κ3) is 11.9. The number of unbranched alkanes of at least 4 members (excludes halogenated alkanes) is 4. The minimum atomic E-state index is -3.49. The molecule has 12 heteroatoms. The number of benzene rings is 1. The maximum Gasteiger partial charge on any atom is 0.335 e. The molecule has 0 aliphatic carbocycles. The summed E-state index contributed by atoms with van der Waals surface area (Å²) in [6, 6.07) is 0. The van der Waals surface area contributed by atoms with Crippen LogP contribution in [0.1, 0.15) is 90.2 Å². The Morgan fingerprint density at radius 1 is 0.500 bits per heavy atom. The van der Waals surface area contributed by atoms with Gasteiger partial charge in [0.1, 0.15) is 0 Å². The minimum Gasteiger partial charge on any atom is -0.308 e. The fourth-order valence-electron chi connectivity index (χ4n) is 3.09. The standard InChI is InChI=1S/C24H40Br4O6P2/c1-5-9-13-31-35(29,32-14-10-6-2)17-19-20(22(26)24(28)23(27)21(19)25)18-36(30,33-15-11-7-3)34-16-12-8-4/h5-18H2,1-4H3. The summed E-state index contributed by atoms with van der Waals surface area (Å²) in [4.78, 5) is 0. The number of hydrogen-bond donors (Lipinski definition) is 0. The van der Waals surface area contributed by atoms with Crippen molar-refractivity contribution >= 4 is 78.9 Å². The lowest BCUT2D eigenvalue weighted by molar-refractivity contribution is 0.196. The summed E-state index contributed by atoms with van der Waals surface area (Å²) in [5.41, 5.74) is 1.37. The van der Waals surface area contributed by atoms with Gasteiger partial charge in [-0.1, -0.05) is 53.4 Å². The molecule has 1 rings (SSSR count). The molecule has 0 saturated carbocycles. The van der Waals surface area contributed by atoms with Crippen molar-refractivity contribution in [3.05, 3.63) is 29.0 Å². The van der Waals surface area contributed by atoms with E-state index in [1.165, 1.54) is 0 Å².